The summed E-state index contributed by atoms with van der Waals surface area (Å²) < 4.78 is 29.4. The summed E-state index contributed by atoms with van der Waals surface area (Å²) in [7, 11) is 0. The number of rotatable bonds is 17. The first kappa shape index (κ1) is 28.6. The molecule has 35 heavy (non-hydrogen) atoms. The van der Waals surface area contributed by atoms with Gasteiger partial charge in [0.1, 0.15) is 5.76 Å². The molecule has 1 atom stereocenters. The molecule has 4 N–H and O–H groups in total. The molecule has 3 aliphatic rings. The van der Waals surface area contributed by atoms with E-state index in [1.54, 1.807) is 6.07 Å². The number of benzene rings is 1. The highest BCUT2D eigenvalue weighted by molar-refractivity contribution is 7.97. The van der Waals surface area contributed by atoms with Crippen molar-refractivity contribution in [2.45, 2.75) is 77.2 Å². The number of hydrogen-bond acceptors (Lipinski definition) is 7. The van der Waals surface area contributed by atoms with Crippen LogP contribution in [-0.4, -0.2) is 32.1 Å². The molecule has 5 nitrogen and oxygen atoms in total. The number of hydrogen-bond donors (Lipinski definition) is 4. The SMILES string of the molecule is CCOC(CNCCCCCSNC(c1ccc(F)c(OCC2CC2)c1)C1CC1)=C1CCC1.NS. The van der Waals surface area contributed by atoms with E-state index in [4.69, 9.17) is 9.47 Å². The predicted molar refractivity (Wildman–Crippen MR) is 148 cm³/mol. The summed E-state index contributed by atoms with van der Waals surface area (Å²) >= 11 is 4.85. The normalized spacial score (nSPS) is 17.8. The smallest absolute Gasteiger partial charge is 0.165 e. The van der Waals surface area contributed by atoms with Crippen molar-refractivity contribution in [2.75, 3.05) is 32.1 Å². The fraction of sp³-hybridized carbons (Fsp3) is 0.704. The molecule has 0 heterocycles. The number of nitrogens with two attached hydrogens (primary N) is 1. The lowest BCUT2D eigenvalue weighted by Crippen LogP contribution is -2.22. The summed E-state index contributed by atoms with van der Waals surface area (Å²) in [6.45, 7) is 5.41. The molecule has 0 spiro atoms. The quantitative estimate of drug-likeness (QED) is 0.0825. The van der Waals surface area contributed by atoms with E-state index in [1.165, 1.54) is 75.5 Å². The van der Waals surface area contributed by atoms with Crippen LogP contribution in [0.15, 0.2) is 29.5 Å². The number of halogens is 1. The Kier molecular flexibility index (Phi) is 13.1. The molecule has 0 saturated heterocycles. The van der Waals surface area contributed by atoms with Crippen LogP contribution in [0.5, 0.6) is 5.75 Å². The number of allylic oxidation sites excluding steroid dienone is 1. The molecular formula is C27H44FN3O2S2. The highest BCUT2D eigenvalue weighted by Crippen LogP contribution is 2.43. The van der Waals surface area contributed by atoms with Crippen LogP contribution in [0, 0.1) is 17.7 Å². The first-order valence-corrected chi connectivity index (χ1v) is 14.8. The van der Waals surface area contributed by atoms with E-state index in [0.29, 0.717) is 24.2 Å². The van der Waals surface area contributed by atoms with Crippen molar-refractivity contribution >= 4 is 24.8 Å². The highest BCUT2D eigenvalue weighted by Gasteiger charge is 2.33. The van der Waals surface area contributed by atoms with Crippen molar-refractivity contribution in [3.8, 4) is 5.75 Å². The maximum Gasteiger partial charge on any atom is 0.165 e. The lowest BCUT2D eigenvalue weighted by Gasteiger charge is -2.22. The Morgan fingerprint density at radius 2 is 1.97 bits per heavy atom. The third-order valence-electron chi connectivity index (χ3n) is 6.85. The van der Waals surface area contributed by atoms with E-state index in [2.05, 4.69) is 34.9 Å². The van der Waals surface area contributed by atoms with Crippen LogP contribution in [0.4, 0.5) is 4.39 Å². The molecule has 1 unspecified atom stereocenters. The highest BCUT2D eigenvalue weighted by atomic mass is 32.2. The third-order valence-corrected chi connectivity index (χ3v) is 7.76. The molecule has 0 radical (unpaired) electrons. The molecule has 0 amide bonds. The van der Waals surface area contributed by atoms with E-state index >= 15 is 0 Å². The van der Waals surface area contributed by atoms with Gasteiger partial charge in [-0.25, -0.2) is 4.39 Å². The van der Waals surface area contributed by atoms with E-state index in [1.807, 2.05) is 24.1 Å². The van der Waals surface area contributed by atoms with E-state index in [-0.39, 0.29) is 11.9 Å². The van der Waals surface area contributed by atoms with Gasteiger partial charge in [-0.15, -0.1) is 12.8 Å². The molecule has 3 fully saturated rings. The fourth-order valence-corrected chi connectivity index (χ4v) is 5.19. The Labute approximate surface area is 221 Å². The molecule has 198 valence electrons. The minimum Gasteiger partial charge on any atom is -0.497 e. The minimum absolute atomic E-state index is 0.243. The predicted octanol–water partition coefficient (Wildman–Crippen LogP) is 6.33. The molecule has 8 heteroatoms. The van der Waals surface area contributed by atoms with Gasteiger partial charge in [-0.3, -0.25) is 9.86 Å². The lowest BCUT2D eigenvalue weighted by molar-refractivity contribution is 0.211. The van der Waals surface area contributed by atoms with E-state index < -0.39 is 0 Å². The number of thiol groups is 1. The molecular weight excluding hydrogens is 481 g/mol. The van der Waals surface area contributed by atoms with Gasteiger partial charge in [0.25, 0.3) is 0 Å². The standard InChI is InChI=1S/C27H41FN2O2S.H3NS/c1-2-31-26(21-7-6-8-21)18-29-15-4-3-5-16-33-30-27(22-11-12-22)23-13-14-24(28)25(17-23)32-19-20-9-10-20;1-2/h13-14,17,20,22,27,29-30H,2-12,15-16,18-19H2,1H3;2H,1H2. The largest absolute Gasteiger partial charge is 0.497 e. The zero-order chi connectivity index (χ0) is 24.9. The van der Waals surface area contributed by atoms with Crippen LogP contribution in [-0.2, 0) is 4.74 Å². The van der Waals surface area contributed by atoms with Gasteiger partial charge in [0.15, 0.2) is 11.6 Å². The maximum atomic E-state index is 14.2. The summed E-state index contributed by atoms with van der Waals surface area (Å²) in [4.78, 5) is 0. The average molecular weight is 526 g/mol. The topological polar surface area (TPSA) is 68.5 Å². The summed E-state index contributed by atoms with van der Waals surface area (Å²) in [5, 5.41) is 7.75. The summed E-state index contributed by atoms with van der Waals surface area (Å²) in [5.74, 6) is 3.76. The fourth-order valence-electron chi connectivity index (χ4n) is 4.22. The van der Waals surface area contributed by atoms with Crippen molar-refractivity contribution in [2.24, 2.45) is 17.0 Å². The Morgan fingerprint density at radius 3 is 2.63 bits per heavy atom. The number of unbranched alkanes of at least 4 members (excludes halogenated alkanes) is 2. The first-order chi connectivity index (χ1) is 17.2. The first-order valence-electron chi connectivity index (χ1n) is 13.3. The Hall–Kier alpha value is -0.930. The molecule has 1 aromatic carbocycles. The third kappa shape index (κ3) is 10.2. The molecule has 3 aliphatic carbocycles. The Morgan fingerprint density at radius 1 is 1.17 bits per heavy atom. The zero-order valence-electron chi connectivity index (χ0n) is 21.2. The minimum atomic E-state index is -0.243. The van der Waals surface area contributed by atoms with Crippen molar-refractivity contribution in [3.05, 3.63) is 40.9 Å². The van der Waals surface area contributed by atoms with Gasteiger partial charge >= 0.3 is 0 Å². The second-order valence-corrected chi connectivity index (χ2v) is 10.7. The molecule has 1 aromatic rings. The van der Waals surface area contributed by atoms with Crippen LogP contribution in [0.1, 0.15) is 82.7 Å². The van der Waals surface area contributed by atoms with Crippen LogP contribution >= 0.6 is 24.8 Å². The van der Waals surface area contributed by atoms with Crippen molar-refractivity contribution in [1.29, 1.82) is 0 Å². The second-order valence-electron chi connectivity index (χ2n) is 9.78. The van der Waals surface area contributed by atoms with Crippen LogP contribution in [0.3, 0.4) is 0 Å². The average Bonchev–Trinajstić information content (AvgIpc) is 3.75. The second kappa shape index (κ2) is 16.0. The Balaban J connectivity index is 0.00000167. The molecule has 4 rings (SSSR count). The van der Waals surface area contributed by atoms with Gasteiger partial charge in [-0.1, -0.05) is 24.4 Å². The molecule has 0 bridgehead atoms. The van der Waals surface area contributed by atoms with Crippen molar-refractivity contribution < 1.29 is 13.9 Å². The summed E-state index contributed by atoms with van der Waals surface area (Å²) in [6.07, 6.45) is 12.3. The van der Waals surface area contributed by atoms with Crippen LogP contribution in [0.25, 0.3) is 0 Å². The number of nitrogens with one attached hydrogen (secondary N) is 2. The number of ether oxygens (including phenoxy) is 2. The Bertz CT molecular complexity index is 782. The van der Waals surface area contributed by atoms with Gasteiger partial charge in [0.05, 0.1) is 19.8 Å². The maximum absolute atomic E-state index is 14.2. The lowest BCUT2D eigenvalue weighted by atomic mass is 9.91. The monoisotopic (exact) mass is 525 g/mol. The molecule has 3 saturated carbocycles. The van der Waals surface area contributed by atoms with Crippen LogP contribution in [0.2, 0.25) is 0 Å². The van der Waals surface area contributed by atoms with Gasteiger partial charge in [-0.05, 0) is 106 Å². The van der Waals surface area contributed by atoms with E-state index in [9.17, 15) is 4.39 Å². The molecule has 0 aliphatic heterocycles. The van der Waals surface area contributed by atoms with Crippen molar-refractivity contribution in [3.63, 3.8) is 0 Å². The van der Waals surface area contributed by atoms with Crippen molar-refractivity contribution in [1.82, 2.24) is 10.0 Å². The van der Waals surface area contributed by atoms with Gasteiger partial charge < -0.3 is 14.8 Å². The molecule has 0 aromatic heterocycles. The summed E-state index contributed by atoms with van der Waals surface area (Å²) in [6, 6.07) is 5.72. The van der Waals surface area contributed by atoms with Gasteiger partial charge in [-0.2, -0.15) is 0 Å². The van der Waals surface area contributed by atoms with Crippen LogP contribution < -0.4 is 19.9 Å². The van der Waals surface area contributed by atoms with Gasteiger partial charge in [0.2, 0.25) is 0 Å². The van der Waals surface area contributed by atoms with Gasteiger partial charge in [0, 0.05) is 11.8 Å². The summed E-state index contributed by atoms with van der Waals surface area (Å²) in [5.41, 5.74) is 2.67. The zero-order valence-corrected chi connectivity index (χ0v) is 22.9. The van der Waals surface area contributed by atoms with E-state index in [0.717, 1.165) is 31.0 Å².